The molecule has 1 spiro atoms. The molecule has 19 heavy (non-hydrogen) atoms. The minimum Gasteiger partial charge on any atom is -0.375 e. The van der Waals surface area contributed by atoms with Crippen LogP contribution in [0, 0.1) is 17.8 Å². The number of carbonyl (C=O) groups excluding carboxylic acids is 1. The Hall–Kier alpha value is -0.370. The first kappa shape index (κ1) is 13.6. The van der Waals surface area contributed by atoms with Gasteiger partial charge in [0, 0.05) is 18.4 Å². The summed E-state index contributed by atoms with van der Waals surface area (Å²) in [5.41, 5.74) is 0.122. The van der Waals surface area contributed by atoms with E-state index in [1.165, 1.54) is 44.9 Å². The summed E-state index contributed by atoms with van der Waals surface area (Å²) in [5.74, 6) is 2.08. The van der Waals surface area contributed by atoms with Crippen LogP contribution in [-0.4, -0.2) is 18.0 Å². The normalized spacial score (nSPS) is 37.8. The van der Waals surface area contributed by atoms with Gasteiger partial charge in [0.1, 0.15) is 5.78 Å². The summed E-state index contributed by atoms with van der Waals surface area (Å²) in [6.45, 7) is 3.09. The molecule has 2 saturated carbocycles. The van der Waals surface area contributed by atoms with E-state index in [0.717, 1.165) is 31.8 Å². The largest absolute Gasteiger partial charge is 0.375 e. The number of Topliss-reactive ketones (excluding diaryl/α,β-unsaturated/α-hetero) is 1. The topological polar surface area (TPSA) is 26.3 Å². The molecule has 3 fully saturated rings. The van der Waals surface area contributed by atoms with Crippen molar-refractivity contribution in [3.63, 3.8) is 0 Å². The van der Waals surface area contributed by atoms with Crippen LogP contribution in [0.5, 0.6) is 0 Å². The van der Waals surface area contributed by atoms with Gasteiger partial charge < -0.3 is 4.74 Å². The quantitative estimate of drug-likeness (QED) is 0.766. The van der Waals surface area contributed by atoms with Gasteiger partial charge in [0.05, 0.1) is 5.60 Å². The zero-order valence-corrected chi connectivity index (χ0v) is 12.3. The van der Waals surface area contributed by atoms with Gasteiger partial charge in [0.2, 0.25) is 0 Å². The zero-order chi connectivity index (χ0) is 13.3. The standard InChI is InChI=1S/C17H28O2/c1-2-13-5-3-6-14(11-13)16(18)15-7-10-19-17(12-15)8-4-9-17/h13-15H,2-12H2,1H3. The average Bonchev–Trinajstić information content (AvgIpc) is 2.45. The molecule has 3 rings (SSSR count). The van der Waals surface area contributed by atoms with Gasteiger partial charge in [-0.05, 0) is 50.9 Å². The predicted octanol–water partition coefficient (Wildman–Crippen LogP) is 4.12. The lowest BCUT2D eigenvalue weighted by Gasteiger charge is -2.47. The Bertz CT molecular complexity index is 332. The maximum Gasteiger partial charge on any atom is 0.139 e. The van der Waals surface area contributed by atoms with E-state index < -0.39 is 0 Å². The maximum atomic E-state index is 12.8. The maximum absolute atomic E-state index is 12.8. The second kappa shape index (κ2) is 5.55. The van der Waals surface area contributed by atoms with Crippen molar-refractivity contribution in [2.75, 3.05) is 6.61 Å². The second-order valence-corrected chi connectivity index (χ2v) is 7.11. The summed E-state index contributed by atoms with van der Waals surface area (Å²) < 4.78 is 5.96. The molecule has 0 bridgehead atoms. The third-order valence-corrected chi connectivity index (χ3v) is 5.92. The molecule has 0 N–H and O–H groups in total. The Morgan fingerprint density at radius 3 is 2.68 bits per heavy atom. The molecule has 2 nitrogen and oxygen atoms in total. The Labute approximate surface area is 117 Å². The Morgan fingerprint density at radius 1 is 1.16 bits per heavy atom. The molecule has 0 radical (unpaired) electrons. The van der Waals surface area contributed by atoms with Gasteiger partial charge in [-0.25, -0.2) is 0 Å². The number of ketones is 1. The van der Waals surface area contributed by atoms with E-state index in [4.69, 9.17) is 4.74 Å². The number of rotatable bonds is 3. The lowest BCUT2D eigenvalue weighted by molar-refractivity contribution is -0.158. The molecule has 1 aliphatic heterocycles. The van der Waals surface area contributed by atoms with Crippen molar-refractivity contribution in [2.24, 2.45) is 17.8 Å². The third-order valence-electron chi connectivity index (χ3n) is 5.92. The lowest BCUT2D eigenvalue weighted by atomic mass is 9.68. The third kappa shape index (κ3) is 2.74. The second-order valence-electron chi connectivity index (χ2n) is 7.11. The average molecular weight is 264 g/mol. The van der Waals surface area contributed by atoms with Gasteiger partial charge in [-0.2, -0.15) is 0 Å². The van der Waals surface area contributed by atoms with Crippen molar-refractivity contribution in [2.45, 2.75) is 76.7 Å². The van der Waals surface area contributed by atoms with E-state index in [9.17, 15) is 4.79 Å². The minimum atomic E-state index is 0.122. The van der Waals surface area contributed by atoms with Gasteiger partial charge in [-0.1, -0.05) is 26.2 Å². The first-order chi connectivity index (χ1) is 9.22. The molecule has 3 atom stereocenters. The SMILES string of the molecule is CCC1CCCC(C(=O)C2CCOC3(CCC3)C2)C1. The van der Waals surface area contributed by atoms with Crippen LogP contribution in [0.3, 0.4) is 0 Å². The molecular weight excluding hydrogens is 236 g/mol. The predicted molar refractivity (Wildman–Crippen MR) is 76.0 cm³/mol. The Kier molecular flexibility index (Phi) is 3.98. The highest BCUT2D eigenvalue weighted by Crippen LogP contribution is 2.45. The summed E-state index contributed by atoms with van der Waals surface area (Å²) in [4.78, 5) is 12.8. The van der Waals surface area contributed by atoms with Crippen molar-refractivity contribution in [1.29, 1.82) is 0 Å². The van der Waals surface area contributed by atoms with Gasteiger partial charge in [-0.15, -0.1) is 0 Å². The Morgan fingerprint density at radius 2 is 2.00 bits per heavy atom. The number of ether oxygens (including phenoxy) is 1. The molecule has 2 aliphatic carbocycles. The molecule has 0 aromatic rings. The summed E-state index contributed by atoms with van der Waals surface area (Å²) in [5, 5.41) is 0. The number of hydrogen-bond donors (Lipinski definition) is 0. The molecule has 3 aliphatic rings. The van der Waals surface area contributed by atoms with Crippen LogP contribution < -0.4 is 0 Å². The van der Waals surface area contributed by atoms with Crippen molar-refractivity contribution in [3.05, 3.63) is 0 Å². The molecule has 2 heteroatoms. The van der Waals surface area contributed by atoms with E-state index in [2.05, 4.69) is 6.92 Å². The lowest BCUT2D eigenvalue weighted by Crippen LogP contribution is -2.48. The molecule has 0 aromatic carbocycles. The van der Waals surface area contributed by atoms with E-state index in [-0.39, 0.29) is 5.60 Å². The van der Waals surface area contributed by atoms with Gasteiger partial charge >= 0.3 is 0 Å². The van der Waals surface area contributed by atoms with Gasteiger partial charge in [-0.3, -0.25) is 4.79 Å². The number of carbonyl (C=O) groups is 1. The summed E-state index contributed by atoms with van der Waals surface area (Å²) >= 11 is 0. The van der Waals surface area contributed by atoms with Gasteiger partial charge in [0.15, 0.2) is 0 Å². The fraction of sp³-hybridized carbons (Fsp3) is 0.941. The smallest absolute Gasteiger partial charge is 0.139 e. The number of hydrogen-bond acceptors (Lipinski definition) is 2. The summed E-state index contributed by atoms with van der Waals surface area (Å²) in [7, 11) is 0. The van der Waals surface area contributed by atoms with Crippen molar-refractivity contribution in [3.8, 4) is 0 Å². The fourth-order valence-electron chi connectivity index (χ4n) is 4.44. The van der Waals surface area contributed by atoms with Crippen molar-refractivity contribution < 1.29 is 9.53 Å². The molecule has 0 amide bonds. The van der Waals surface area contributed by atoms with Crippen LogP contribution in [0.4, 0.5) is 0 Å². The minimum absolute atomic E-state index is 0.122. The molecule has 1 saturated heterocycles. The monoisotopic (exact) mass is 264 g/mol. The van der Waals surface area contributed by atoms with Crippen LogP contribution in [0.15, 0.2) is 0 Å². The van der Waals surface area contributed by atoms with Crippen molar-refractivity contribution in [1.82, 2.24) is 0 Å². The Balaban J connectivity index is 1.59. The van der Waals surface area contributed by atoms with Crippen LogP contribution in [0.25, 0.3) is 0 Å². The fourth-order valence-corrected chi connectivity index (χ4v) is 4.44. The zero-order valence-electron chi connectivity index (χ0n) is 12.3. The van der Waals surface area contributed by atoms with E-state index in [1.54, 1.807) is 0 Å². The highest BCUT2D eigenvalue weighted by molar-refractivity contribution is 5.83. The molecule has 3 unspecified atom stereocenters. The highest BCUT2D eigenvalue weighted by Gasteiger charge is 2.45. The van der Waals surface area contributed by atoms with Crippen molar-refractivity contribution >= 4 is 5.78 Å². The van der Waals surface area contributed by atoms with Crippen LogP contribution >= 0.6 is 0 Å². The summed E-state index contributed by atoms with van der Waals surface area (Å²) in [6, 6.07) is 0. The first-order valence-corrected chi connectivity index (χ1v) is 8.40. The summed E-state index contributed by atoms with van der Waals surface area (Å²) in [6.07, 6.45) is 11.9. The molecule has 108 valence electrons. The van der Waals surface area contributed by atoms with Crippen LogP contribution in [-0.2, 0) is 9.53 Å². The highest BCUT2D eigenvalue weighted by atomic mass is 16.5. The van der Waals surface area contributed by atoms with E-state index in [0.29, 0.717) is 17.6 Å². The van der Waals surface area contributed by atoms with E-state index in [1.807, 2.05) is 0 Å². The van der Waals surface area contributed by atoms with Gasteiger partial charge in [0.25, 0.3) is 0 Å². The van der Waals surface area contributed by atoms with Crippen LogP contribution in [0.1, 0.15) is 71.1 Å². The molecule has 0 aromatic heterocycles. The molecule has 1 heterocycles. The van der Waals surface area contributed by atoms with Crippen LogP contribution in [0.2, 0.25) is 0 Å². The molecular formula is C17H28O2. The van der Waals surface area contributed by atoms with E-state index >= 15 is 0 Å². The first-order valence-electron chi connectivity index (χ1n) is 8.40.